The van der Waals surface area contributed by atoms with Crippen molar-refractivity contribution in [3.05, 3.63) is 113 Å². The second kappa shape index (κ2) is 12.6. The summed E-state index contributed by atoms with van der Waals surface area (Å²) in [6.45, 7) is 0.958. The molecule has 4 N–H and O–H groups in total. The zero-order valence-electron chi connectivity index (χ0n) is 23.7. The van der Waals surface area contributed by atoms with Crippen molar-refractivity contribution in [2.75, 3.05) is 13.7 Å². The van der Waals surface area contributed by atoms with Crippen molar-refractivity contribution < 1.29 is 14.6 Å². The molecule has 9 nitrogen and oxygen atoms in total. The van der Waals surface area contributed by atoms with Crippen LogP contribution in [0, 0.1) is 0 Å². The van der Waals surface area contributed by atoms with Crippen molar-refractivity contribution in [3.63, 3.8) is 0 Å². The Balaban J connectivity index is 1.36. The summed E-state index contributed by atoms with van der Waals surface area (Å²) in [5, 5.41) is 26.9. The molecule has 0 radical (unpaired) electrons. The molecule has 1 aliphatic heterocycles. The average molecular weight is 565 g/mol. The van der Waals surface area contributed by atoms with Crippen molar-refractivity contribution in [2.24, 2.45) is 0 Å². The van der Waals surface area contributed by atoms with Gasteiger partial charge in [0.15, 0.2) is 5.82 Å². The Hall–Kier alpha value is -4.47. The minimum Gasteiger partial charge on any atom is -0.497 e. The van der Waals surface area contributed by atoms with Gasteiger partial charge in [-0.05, 0) is 47.7 Å². The summed E-state index contributed by atoms with van der Waals surface area (Å²) in [5.74, 6) is 2.20. The molecular weight excluding hydrogens is 528 g/mol. The van der Waals surface area contributed by atoms with Crippen LogP contribution < -0.4 is 15.4 Å². The molecule has 3 heterocycles. The first kappa shape index (κ1) is 27.7. The molecule has 6 rings (SSSR count). The maximum Gasteiger partial charge on any atom is 0.237 e. The molecule has 1 aliphatic rings. The highest BCUT2D eigenvalue weighted by molar-refractivity contribution is 5.84. The highest BCUT2D eigenvalue weighted by Gasteiger charge is 2.32. The molecule has 1 amide bonds. The normalized spacial score (nSPS) is 17.4. The Labute approximate surface area is 244 Å². The molecule has 0 spiro atoms. The number of ether oxygens (including phenoxy) is 1. The molecule has 9 heteroatoms. The number of amides is 1. The van der Waals surface area contributed by atoms with Crippen LogP contribution in [0.15, 0.2) is 85.1 Å². The second-order valence-corrected chi connectivity index (χ2v) is 10.9. The summed E-state index contributed by atoms with van der Waals surface area (Å²) >= 11 is 0. The molecule has 3 aromatic carbocycles. The van der Waals surface area contributed by atoms with Crippen molar-refractivity contribution in [1.29, 1.82) is 0 Å². The number of para-hydroxylation sites is 1. The second-order valence-electron chi connectivity index (χ2n) is 10.9. The lowest BCUT2D eigenvalue weighted by molar-refractivity contribution is -0.123. The third-order valence-electron chi connectivity index (χ3n) is 7.99. The summed E-state index contributed by atoms with van der Waals surface area (Å²) in [6, 6.07) is 25.6. The number of benzene rings is 3. The lowest BCUT2D eigenvalue weighted by atomic mass is 10.0. The van der Waals surface area contributed by atoms with Crippen molar-refractivity contribution in [1.82, 2.24) is 30.4 Å². The first-order valence-corrected chi connectivity index (χ1v) is 14.4. The number of carbonyl (C=O) groups is 1. The molecule has 1 saturated heterocycles. The molecule has 3 atom stereocenters. The molecular formula is C33H36N6O3. The lowest BCUT2D eigenvalue weighted by Crippen LogP contribution is -2.43. The van der Waals surface area contributed by atoms with Gasteiger partial charge in [0.25, 0.3) is 0 Å². The molecule has 2 aromatic heterocycles. The number of aromatic nitrogens is 4. The van der Waals surface area contributed by atoms with Gasteiger partial charge in [-0.15, -0.1) is 10.2 Å². The predicted molar refractivity (Wildman–Crippen MR) is 161 cm³/mol. The Morgan fingerprint density at radius 2 is 1.81 bits per heavy atom. The standard InChI is InChI=1S/C33H36N6O3/c1-42-26-14-11-23(12-15-26)21-39-31(16-13-22-7-3-2-4-8-22)37-38-32(39)29(36-33(41)30-18-25(40)20-35-30)17-24-19-34-28-10-6-5-9-27(24)28/h2-12,14-15,19,25,29-30,34-35,40H,13,16-18,20-21H2,1H3,(H,36,41)/t25-,29-,30-/m1/s1. The number of carbonyl (C=O) groups excluding carboxylic acids is 1. The van der Waals surface area contributed by atoms with Crippen LogP contribution >= 0.6 is 0 Å². The highest BCUT2D eigenvalue weighted by atomic mass is 16.5. The molecule has 0 bridgehead atoms. The Morgan fingerprint density at radius 3 is 2.57 bits per heavy atom. The van der Waals surface area contributed by atoms with Gasteiger partial charge in [0.1, 0.15) is 11.6 Å². The largest absolute Gasteiger partial charge is 0.497 e. The first-order chi connectivity index (χ1) is 20.6. The minimum absolute atomic E-state index is 0.152. The third kappa shape index (κ3) is 6.22. The van der Waals surface area contributed by atoms with Crippen LogP contribution in [0.1, 0.15) is 40.8 Å². The zero-order valence-corrected chi connectivity index (χ0v) is 23.7. The Kier molecular flexibility index (Phi) is 8.30. The number of aliphatic hydroxyl groups excluding tert-OH is 1. The van der Waals surface area contributed by atoms with Gasteiger partial charge in [0.2, 0.25) is 5.91 Å². The quantitative estimate of drug-likeness (QED) is 0.194. The van der Waals surface area contributed by atoms with E-state index in [1.165, 1.54) is 5.56 Å². The number of fused-ring (bicyclic) bond motifs is 1. The van der Waals surface area contributed by atoms with Crippen LogP contribution in [-0.4, -0.2) is 56.6 Å². The van der Waals surface area contributed by atoms with E-state index >= 15 is 0 Å². The van der Waals surface area contributed by atoms with Crippen LogP contribution in [0.5, 0.6) is 5.75 Å². The number of nitrogens with zero attached hydrogens (tertiary/aromatic N) is 3. The number of hydrogen-bond acceptors (Lipinski definition) is 6. The molecule has 0 saturated carbocycles. The summed E-state index contributed by atoms with van der Waals surface area (Å²) < 4.78 is 7.51. The fourth-order valence-corrected chi connectivity index (χ4v) is 5.69. The minimum atomic E-state index is -0.531. The number of aryl methyl sites for hydroxylation is 2. The Bertz CT molecular complexity index is 1630. The topological polar surface area (TPSA) is 117 Å². The van der Waals surface area contributed by atoms with Gasteiger partial charge in [-0.3, -0.25) is 4.79 Å². The number of nitrogens with one attached hydrogen (secondary N) is 3. The van der Waals surface area contributed by atoms with E-state index < -0.39 is 18.2 Å². The van der Waals surface area contributed by atoms with Crippen LogP contribution in [-0.2, 0) is 30.6 Å². The van der Waals surface area contributed by atoms with Crippen LogP contribution in [0.4, 0.5) is 0 Å². The van der Waals surface area contributed by atoms with Crippen LogP contribution in [0.25, 0.3) is 10.9 Å². The summed E-state index contributed by atoms with van der Waals surface area (Å²) in [5.41, 5.74) is 4.43. The number of H-pyrrole nitrogens is 1. The third-order valence-corrected chi connectivity index (χ3v) is 7.99. The fourth-order valence-electron chi connectivity index (χ4n) is 5.69. The monoisotopic (exact) mass is 564 g/mol. The molecule has 216 valence electrons. The van der Waals surface area contributed by atoms with Gasteiger partial charge in [0.05, 0.1) is 31.8 Å². The highest BCUT2D eigenvalue weighted by Crippen LogP contribution is 2.26. The van der Waals surface area contributed by atoms with E-state index in [1.54, 1.807) is 7.11 Å². The van der Waals surface area contributed by atoms with Crippen molar-refractivity contribution in [2.45, 2.75) is 50.4 Å². The number of methoxy groups -OCH3 is 1. The van der Waals surface area contributed by atoms with Gasteiger partial charge >= 0.3 is 0 Å². The summed E-state index contributed by atoms with van der Waals surface area (Å²) in [7, 11) is 1.66. The number of rotatable bonds is 11. The molecule has 42 heavy (non-hydrogen) atoms. The van der Waals surface area contributed by atoms with Crippen LogP contribution in [0.2, 0.25) is 0 Å². The number of aliphatic hydroxyl groups is 1. The van der Waals surface area contributed by atoms with Gasteiger partial charge in [-0.1, -0.05) is 60.7 Å². The average Bonchev–Trinajstić information content (AvgIpc) is 3.75. The van der Waals surface area contributed by atoms with E-state index in [0.29, 0.717) is 38.2 Å². The summed E-state index contributed by atoms with van der Waals surface area (Å²) in [6.07, 6.45) is 3.91. The van der Waals surface area contributed by atoms with Crippen molar-refractivity contribution in [3.8, 4) is 5.75 Å². The predicted octanol–water partition coefficient (Wildman–Crippen LogP) is 3.72. The number of aromatic amines is 1. The lowest BCUT2D eigenvalue weighted by Gasteiger charge is -2.22. The maximum absolute atomic E-state index is 13.5. The smallest absolute Gasteiger partial charge is 0.237 e. The Morgan fingerprint density at radius 1 is 1.02 bits per heavy atom. The summed E-state index contributed by atoms with van der Waals surface area (Å²) in [4.78, 5) is 16.8. The zero-order chi connectivity index (χ0) is 28.9. The first-order valence-electron chi connectivity index (χ1n) is 14.4. The van der Waals surface area contributed by atoms with Gasteiger partial charge < -0.3 is 30.0 Å². The van der Waals surface area contributed by atoms with E-state index in [9.17, 15) is 9.90 Å². The number of β-amino-alcohol motifs (C(OH)–C–C–N with tert-alkyl or cyclic N) is 1. The van der Waals surface area contributed by atoms with Gasteiger partial charge in [0, 0.05) is 36.5 Å². The van der Waals surface area contributed by atoms with Crippen molar-refractivity contribution >= 4 is 16.8 Å². The SMILES string of the molecule is COc1ccc(Cn2c(CCc3ccccc3)nnc2[C@@H](Cc2c[nH]c3ccccc23)NC(=O)[C@H]2C[C@@H](O)CN2)cc1. The van der Waals surface area contributed by atoms with E-state index in [0.717, 1.165) is 40.0 Å². The van der Waals surface area contributed by atoms with E-state index in [4.69, 9.17) is 9.84 Å². The van der Waals surface area contributed by atoms with Crippen LogP contribution in [0.3, 0.4) is 0 Å². The fraction of sp³-hybridized carbons (Fsp3) is 0.303. The van der Waals surface area contributed by atoms with E-state index in [1.807, 2.05) is 66.9 Å². The molecule has 1 fully saturated rings. The molecule has 5 aromatic rings. The number of hydrogen-bond donors (Lipinski definition) is 4. The molecule has 0 aliphatic carbocycles. The molecule has 0 unspecified atom stereocenters. The van der Waals surface area contributed by atoms with E-state index in [2.05, 4.69) is 43.5 Å². The maximum atomic E-state index is 13.5. The van der Waals surface area contributed by atoms with Gasteiger partial charge in [-0.2, -0.15) is 0 Å². The van der Waals surface area contributed by atoms with E-state index in [-0.39, 0.29) is 5.91 Å². The van der Waals surface area contributed by atoms with Gasteiger partial charge in [-0.25, -0.2) is 0 Å².